The summed E-state index contributed by atoms with van der Waals surface area (Å²) in [5.41, 5.74) is 21.2. The van der Waals surface area contributed by atoms with Crippen molar-refractivity contribution in [2.75, 3.05) is 24.2 Å². The number of allylic oxidation sites excluding steroid dienone is 6. The molecule has 0 bridgehead atoms. The van der Waals surface area contributed by atoms with Gasteiger partial charge in [0.15, 0.2) is 0 Å². The van der Waals surface area contributed by atoms with Gasteiger partial charge >= 0.3 is 0 Å². The molecule has 3 aromatic carbocycles. The second kappa shape index (κ2) is 22.1. The van der Waals surface area contributed by atoms with Gasteiger partial charge in [-0.3, -0.25) is 0 Å². The molecule has 3 atom stereocenters. The Morgan fingerprint density at radius 1 is 0.898 bits per heavy atom. The van der Waals surface area contributed by atoms with E-state index in [4.69, 9.17) is 11.5 Å². The molecule has 0 radical (unpaired) electrons. The number of nitrogens with zero attached hydrogens (tertiary/aromatic N) is 1. The van der Waals surface area contributed by atoms with Crippen LogP contribution < -0.4 is 21.7 Å². The molecule has 3 unspecified atom stereocenters. The van der Waals surface area contributed by atoms with E-state index in [-0.39, 0.29) is 5.37 Å². The highest BCUT2D eigenvalue weighted by atomic mass is 32.2. The summed E-state index contributed by atoms with van der Waals surface area (Å²) in [4.78, 5) is 2.29. The summed E-state index contributed by atoms with van der Waals surface area (Å²) >= 11 is 1.90. The summed E-state index contributed by atoms with van der Waals surface area (Å²) in [6.45, 7) is 23.5. The Kier molecular flexibility index (Phi) is 18.3. The van der Waals surface area contributed by atoms with Crippen molar-refractivity contribution in [2.24, 2.45) is 11.7 Å². The van der Waals surface area contributed by atoms with Crippen LogP contribution in [0.3, 0.4) is 0 Å². The molecule has 3 aromatic rings. The number of hydrogen-bond acceptors (Lipinski definition) is 5. The van der Waals surface area contributed by atoms with Crippen molar-refractivity contribution in [3.05, 3.63) is 168 Å². The molecule has 1 heterocycles. The predicted octanol–water partition coefficient (Wildman–Crippen LogP) is 10.6. The number of benzene rings is 3. The van der Waals surface area contributed by atoms with Crippen LogP contribution in [0.15, 0.2) is 152 Å². The van der Waals surface area contributed by atoms with Crippen molar-refractivity contribution in [3.63, 3.8) is 0 Å². The quantitative estimate of drug-likeness (QED) is 0.126. The first kappa shape index (κ1) is 40.5. The average Bonchev–Trinajstić information content (AvgIpc) is 3.36. The van der Waals surface area contributed by atoms with E-state index in [0.29, 0.717) is 11.2 Å². The lowest BCUT2D eigenvalue weighted by Crippen LogP contribution is -2.21. The molecule has 1 saturated heterocycles. The molecule has 0 saturated carbocycles. The standard InChI is InChI=1S/C27H24N2S.C13H20N2.2C2H6/c1-3-8-26-20(2)29(25-12-7-11-24(28)19-25)27(30-26)23-17-15-22(16-18-23)14-13-21-9-5-4-6-10-21;1-10-4-6-12(13(14)7-5-10)11(2)8-9-15-3;2*1-2/h3-7,9-12,15-19,26-27H,1-2,8,28H2;4-7,10,15H,2,8-9,14H2,1,3H3;2*1-2H3. The zero-order valence-corrected chi connectivity index (χ0v) is 31.2. The molecular formula is C44H56N4S. The first-order valence-electron chi connectivity index (χ1n) is 17.3. The largest absolute Gasteiger partial charge is 0.399 e. The molecule has 1 aliphatic carbocycles. The topological polar surface area (TPSA) is 67.3 Å². The maximum Gasteiger partial charge on any atom is 0.106 e. The number of nitrogens with one attached hydrogen (secondary N) is 1. The highest BCUT2D eigenvalue weighted by molar-refractivity contribution is 8.00. The minimum Gasteiger partial charge on any atom is -0.399 e. The molecule has 0 amide bonds. The van der Waals surface area contributed by atoms with Gasteiger partial charge in [0, 0.05) is 33.9 Å². The highest BCUT2D eigenvalue weighted by Gasteiger charge is 2.36. The molecule has 5 rings (SSSR count). The lowest BCUT2D eigenvalue weighted by Gasteiger charge is -2.27. The van der Waals surface area contributed by atoms with Gasteiger partial charge in [0.1, 0.15) is 5.37 Å². The highest BCUT2D eigenvalue weighted by Crippen LogP contribution is 2.51. The molecule has 2 aliphatic rings. The van der Waals surface area contributed by atoms with E-state index in [2.05, 4.69) is 97.3 Å². The van der Waals surface area contributed by atoms with Gasteiger partial charge in [0.2, 0.25) is 0 Å². The second-order valence-corrected chi connectivity index (χ2v) is 12.4. The number of thioether (sulfide) groups is 1. The molecule has 5 N–H and O–H groups in total. The number of anilines is 2. The zero-order chi connectivity index (χ0) is 36.2. The van der Waals surface area contributed by atoms with Crippen LogP contribution >= 0.6 is 11.8 Å². The Labute approximate surface area is 301 Å². The SMILES string of the molecule is C=C(CCNC)C1=C(N)C=CC(C)C=C1.C=CCC1SC(c2ccc(C#Cc3ccccc3)cc2)N(c2cccc(N)c2)C1=C.CC.CC. The fourth-order valence-corrected chi connectivity index (χ4v) is 6.55. The Hall–Kier alpha value is -4.63. The lowest BCUT2D eigenvalue weighted by atomic mass is 10.0. The number of nitrogen functional groups attached to an aromatic ring is 1. The minimum absolute atomic E-state index is 0.139. The summed E-state index contributed by atoms with van der Waals surface area (Å²) in [6.07, 6.45) is 12.1. The fraction of sp³-hybridized carbons (Fsp3) is 0.273. The Morgan fingerprint density at radius 2 is 1.53 bits per heavy atom. The van der Waals surface area contributed by atoms with Gasteiger partial charge in [-0.2, -0.15) is 0 Å². The fourth-order valence-electron chi connectivity index (χ4n) is 5.03. The Morgan fingerprint density at radius 3 is 2.14 bits per heavy atom. The molecule has 258 valence electrons. The minimum atomic E-state index is 0.139. The zero-order valence-electron chi connectivity index (χ0n) is 30.4. The predicted molar refractivity (Wildman–Crippen MR) is 219 cm³/mol. The monoisotopic (exact) mass is 672 g/mol. The van der Waals surface area contributed by atoms with Crippen molar-refractivity contribution < 1.29 is 0 Å². The van der Waals surface area contributed by atoms with Crippen molar-refractivity contribution in [1.82, 2.24) is 5.32 Å². The summed E-state index contributed by atoms with van der Waals surface area (Å²) < 4.78 is 0. The molecule has 0 aromatic heterocycles. The molecule has 0 spiro atoms. The van der Waals surface area contributed by atoms with Crippen LogP contribution in [0, 0.1) is 17.8 Å². The van der Waals surface area contributed by atoms with E-state index in [0.717, 1.165) is 64.4 Å². The maximum absolute atomic E-state index is 6.06. The van der Waals surface area contributed by atoms with Crippen molar-refractivity contribution in [2.45, 2.75) is 58.1 Å². The Bertz CT molecular complexity index is 1640. The molecule has 5 heteroatoms. The van der Waals surface area contributed by atoms with E-state index >= 15 is 0 Å². The number of rotatable bonds is 8. The van der Waals surface area contributed by atoms with Crippen LogP contribution in [0.4, 0.5) is 11.4 Å². The van der Waals surface area contributed by atoms with E-state index in [1.54, 1.807) is 0 Å². The molecular weight excluding hydrogens is 617 g/mol. The third-order valence-corrected chi connectivity index (χ3v) is 9.11. The first-order chi connectivity index (χ1) is 23.8. The van der Waals surface area contributed by atoms with Gasteiger partial charge in [0.05, 0.1) is 5.25 Å². The third-order valence-electron chi connectivity index (χ3n) is 7.57. The average molecular weight is 673 g/mol. The van der Waals surface area contributed by atoms with Crippen molar-refractivity contribution in [3.8, 4) is 11.8 Å². The van der Waals surface area contributed by atoms with Gasteiger partial charge in [-0.25, -0.2) is 0 Å². The van der Waals surface area contributed by atoms with E-state index in [9.17, 15) is 0 Å². The third kappa shape index (κ3) is 12.4. The van der Waals surface area contributed by atoms with Crippen molar-refractivity contribution in [1.29, 1.82) is 0 Å². The van der Waals surface area contributed by atoms with Gasteiger partial charge in [-0.15, -0.1) is 18.3 Å². The summed E-state index contributed by atoms with van der Waals surface area (Å²) in [5.74, 6) is 6.91. The summed E-state index contributed by atoms with van der Waals surface area (Å²) in [7, 11) is 1.94. The molecule has 1 fully saturated rings. The molecule has 49 heavy (non-hydrogen) atoms. The number of hydrogen-bond donors (Lipinski definition) is 3. The van der Waals surface area contributed by atoms with Gasteiger partial charge < -0.3 is 21.7 Å². The maximum atomic E-state index is 6.06. The Balaban J connectivity index is 0.000000370. The smallest absolute Gasteiger partial charge is 0.106 e. The van der Waals surface area contributed by atoms with Crippen molar-refractivity contribution >= 4 is 23.1 Å². The van der Waals surface area contributed by atoms with Gasteiger partial charge in [0.25, 0.3) is 0 Å². The van der Waals surface area contributed by atoms with Gasteiger partial charge in [-0.1, -0.05) is 120 Å². The summed E-state index contributed by atoms with van der Waals surface area (Å²) in [6, 6.07) is 26.5. The van der Waals surface area contributed by atoms with E-state index < -0.39 is 0 Å². The van der Waals surface area contributed by atoms with Gasteiger partial charge in [-0.05, 0) is 97.6 Å². The van der Waals surface area contributed by atoms with Crippen LogP contribution in [0.5, 0.6) is 0 Å². The van der Waals surface area contributed by atoms with Crippen LogP contribution in [0.25, 0.3) is 0 Å². The molecule has 4 nitrogen and oxygen atoms in total. The normalized spacial score (nSPS) is 17.6. The van der Waals surface area contributed by atoms with E-state index in [1.165, 1.54) is 5.56 Å². The van der Waals surface area contributed by atoms with Crippen LogP contribution in [-0.4, -0.2) is 18.8 Å². The first-order valence-corrected chi connectivity index (χ1v) is 18.2. The van der Waals surface area contributed by atoms with Crippen LogP contribution in [0.2, 0.25) is 0 Å². The lowest BCUT2D eigenvalue weighted by molar-refractivity contribution is 0.791. The van der Waals surface area contributed by atoms with Crippen LogP contribution in [0.1, 0.15) is 69.5 Å². The number of nitrogens with two attached hydrogens (primary N) is 2. The second-order valence-electron chi connectivity index (χ2n) is 11.1. The van der Waals surface area contributed by atoms with Crippen LogP contribution in [-0.2, 0) is 0 Å². The molecule has 1 aliphatic heterocycles. The van der Waals surface area contributed by atoms with E-state index in [1.807, 2.05) is 107 Å². The summed E-state index contributed by atoms with van der Waals surface area (Å²) in [5, 5.41) is 3.55.